The van der Waals surface area contributed by atoms with Crippen LogP contribution in [0.5, 0.6) is 0 Å². The van der Waals surface area contributed by atoms with Crippen LogP contribution in [0.2, 0.25) is 0 Å². The molecule has 1 fully saturated rings. The molecule has 0 bridgehead atoms. The first-order chi connectivity index (χ1) is 25.2. The van der Waals surface area contributed by atoms with E-state index in [-0.39, 0.29) is 41.1 Å². The molecule has 4 nitrogen and oxygen atoms in total. The van der Waals surface area contributed by atoms with E-state index in [9.17, 15) is 9.59 Å². The number of aromatic nitrogens is 1. The SMILES string of the molecule is Cc1cc2c(cc1C)C(=O)/C(=C/c1cc[n+](Cc3ccccc3)cc1)C2.Cc1cc2c(cc1C)C(=O)C(CC1CCN(Cc3ccccc3)CC1)C2.Cl.[Br-]. The molecule has 1 saturated heterocycles. The first kappa shape index (κ1) is 41.0. The highest BCUT2D eigenvalue weighted by Gasteiger charge is 2.33. The molecule has 6 heteroatoms. The van der Waals surface area contributed by atoms with Crippen LogP contribution in [0.3, 0.4) is 0 Å². The first-order valence-electron chi connectivity index (χ1n) is 19.0. The predicted molar refractivity (Wildman–Crippen MR) is 218 cm³/mol. The normalized spacial score (nSPS) is 17.3. The number of rotatable bonds is 7. The molecule has 0 spiro atoms. The maximum atomic E-state index is 12.8. The number of aryl methyl sites for hydroxylation is 4. The van der Waals surface area contributed by atoms with Gasteiger partial charge in [0.2, 0.25) is 0 Å². The average Bonchev–Trinajstić information content (AvgIpc) is 3.61. The average molecular weight is 804 g/mol. The fraction of sp³-hybridized carbons (Fsp3) is 0.312. The van der Waals surface area contributed by atoms with Gasteiger partial charge in [-0.1, -0.05) is 72.8 Å². The van der Waals surface area contributed by atoms with E-state index in [4.69, 9.17) is 0 Å². The van der Waals surface area contributed by atoms with Crippen LogP contribution in [0, 0.1) is 39.5 Å². The van der Waals surface area contributed by atoms with Crippen LogP contribution in [-0.2, 0) is 25.9 Å². The molecule has 0 amide bonds. The van der Waals surface area contributed by atoms with Gasteiger partial charge in [-0.2, -0.15) is 0 Å². The second-order valence-corrected chi connectivity index (χ2v) is 15.4. The quantitative estimate of drug-likeness (QED) is 0.134. The molecule has 1 aliphatic heterocycles. The maximum Gasteiger partial charge on any atom is 0.189 e. The van der Waals surface area contributed by atoms with Gasteiger partial charge in [0.1, 0.15) is 0 Å². The van der Waals surface area contributed by atoms with Crippen molar-refractivity contribution in [2.75, 3.05) is 13.1 Å². The number of pyridine rings is 1. The van der Waals surface area contributed by atoms with Crippen molar-refractivity contribution in [2.24, 2.45) is 11.8 Å². The molecule has 0 saturated carbocycles. The summed E-state index contributed by atoms with van der Waals surface area (Å²) in [7, 11) is 0. The van der Waals surface area contributed by atoms with Crippen molar-refractivity contribution in [2.45, 2.75) is 72.9 Å². The zero-order valence-electron chi connectivity index (χ0n) is 32.0. The minimum atomic E-state index is 0. The number of carbonyl (C=O) groups is 2. The third-order valence-corrected chi connectivity index (χ3v) is 11.5. The summed E-state index contributed by atoms with van der Waals surface area (Å²) in [5.74, 6) is 1.49. The van der Waals surface area contributed by atoms with Gasteiger partial charge in [-0.15, -0.1) is 12.4 Å². The van der Waals surface area contributed by atoms with Gasteiger partial charge < -0.3 is 17.0 Å². The molecular weight excluding hydrogens is 752 g/mol. The third kappa shape index (κ3) is 9.73. The zero-order valence-corrected chi connectivity index (χ0v) is 34.4. The molecule has 3 aliphatic rings. The summed E-state index contributed by atoms with van der Waals surface area (Å²) < 4.78 is 2.15. The zero-order chi connectivity index (χ0) is 36.2. The highest BCUT2D eigenvalue weighted by atomic mass is 79.9. The lowest BCUT2D eigenvalue weighted by Crippen LogP contribution is -3.00. The summed E-state index contributed by atoms with van der Waals surface area (Å²) in [6.07, 6.45) is 11.4. The van der Waals surface area contributed by atoms with Crippen molar-refractivity contribution in [1.29, 1.82) is 0 Å². The van der Waals surface area contributed by atoms with Gasteiger partial charge in [-0.3, -0.25) is 14.5 Å². The van der Waals surface area contributed by atoms with E-state index in [1.807, 2.05) is 18.2 Å². The molecule has 5 aromatic rings. The largest absolute Gasteiger partial charge is 1.00 e. The monoisotopic (exact) mass is 802 g/mol. The Morgan fingerprint density at radius 3 is 1.89 bits per heavy atom. The van der Waals surface area contributed by atoms with Crippen LogP contribution in [0.15, 0.2) is 115 Å². The number of nitrogens with zero attached hydrogens (tertiary/aromatic N) is 2. The van der Waals surface area contributed by atoms with Crippen LogP contribution < -0.4 is 21.5 Å². The van der Waals surface area contributed by atoms with Crippen LogP contribution in [-0.4, -0.2) is 29.6 Å². The third-order valence-electron chi connectivity index (χ3n) is 11.5. The fourth-order valence-corrected chi connectivity index (χ4v) is 8.14. The van der Waals surface area contributed by atoms with Crippen LogP contribution in [0.4, 0.5) is 0 Å². The van der Waals surface area contributed by atoms with Gasteiger partial charge in [0.05, 0.1) is 0 Å². The number of ketones is 2. The van der Waals surface area contributed by atoms with E-state index in [2.05, 4.69) is 134 Å². The van der Waals surface area contributed by atoms with Gasteiger partial charge in [0.15, 0.2) is 30.5 Å². The van der Waals surface area contributed by atoms with Crippen molar-refractivity contribution in [1.82, 2.24) is 4.90 Å². The van der Waals surface area contributed by atoms with Crippen molar-refractivity contribution >= 4 is 30.0 Å². The Balaban J connectivity index is 0.000000200. The van der Waals surface area contributed by atoms with E-state index in [0.717, 1.165) is 73.3 Å². The van der Waals surface area contributed by atoms with E-state index in [0.29, 0.717) is 11.7 Å². The second kappa shape index (κ2) is 18.4. The number of hydrogen-bond donors (Lipinski definition) is 0. The molecule has 1 unspecified atom stereocenters. The molecule has 1 aromatic heterocycles. The molecule has 8 rings (SSSR count). The molecule has 280 valence electrons. The molecular formula is C48H52BrClN2O2. The number of fused-ring (bicyclic) bond motifs is 2. The number of halogens is 2. The number of likely N-dealkylation sites (tertiary alicyclic amines) is 1. The Kier molecular flexibility index (Phi) is 14.0. The van der Waals surface area contributed by atoms with Gasteiger partial charge in [0.25, 0.3) is 0 Å². The molecule has 54 heavy (non-hydrogen) atoms. The van der Waals surface area contributed by atoms with E-state index >= 15 is 0 Å². The Bertz CT molecular complexity index is 2100. The second-order valence-electron chi connectivity index (χ2n) is 15.4. The lowest BCUT2D eigenvalue weighted by Gasteiger charge is -2.33. The van der Waals surface area contributed by atoms with Gasteiger partial charge in [-0.05, 0) is 135 Å². The lowest BCUT2D eigenvalue weighted by atomic mass is 9.85. The van der Waals surface area contributed by atoms with E-state index in [1.165, 1.54) is 51.8 Å². The predicted octanol–water partition coefficient (Wildman–Crippen LogP) is 6.85. The smallest absolute Gasteiger partial charge is 0.189 e. The Labute approximate surface area is 338 Å². The highest BCUT2D eigenvalue weighted by molar-refractivity contribution is 6.15. The summed E-state index contributed by atoms with van der Waals surface area (Å²) >= 11 is 0. The maximum absolute atomic E-state index is 12.8. The standard InChI is InChI=1S/C24H29NO.C24H22NO.BrH.ClH/c2*1-17-12-21-15-22(24(26)23(21)13-18(17)2)14-19-8-10-25(11-9-19)16-20-6-4-3-5-7-20;;/h3-7,12-13,19,22H,8-11,14-16H2,1-2H3;3-14H,15-16H2,1-2H3;2*1H/q;+1;;/p-1/b;22-14+;;. The number of allylic oxidation sites excluding steroid dienone is 1. The van der Waals surface area contributed by atoms with Crippen LogP contribution >= 0.6 is 12.4 Å². The Morgan fingerprint density at radius 1 is 0.704 bits per heavy atom. The number of Topliss-reactive ketones (excluding diaryl/α,β-unsaturated/α-hetero) is 2. The van der Waals surface area contributed by atoms with Gasteiger partial charge >= 0.3 is 0 Å². The lowest BCUT2D eigenvalue weighted by molar-refractivity contribution is -0.688. The van der Waals surface area contributed by atoms with Gasteiger partial charge in [-0.25, -0.2) is 4.57 Å². The number of benzene rings is 4. The van der Waals surface area contributed by atoms with Crippen molar-refractivity contribution in [3.05, 3.63) is 176 Å². The Hall–Kier alpha value is -4.16. The van der Waals surface area contributed by atoms with E-state index < -0.39 is 0 Å². The summed E-state index contributed by atoms with van der Waals surface area (Å²) in [4.78, 5) is 28.1. The first-order valence-corrected chi connectivity index (χ1v) is 19.0. The fourth-order valence-electron chi connectivity index (χ4n) is 8.14. The van der Waals surface area contributed by atoms with Gasteiger partial charge in [0, 0.05) is 53.3 Å². The molecule has 0 N–H and O–H groups in total. The molecule has 2 heterocycles. The molecule has 4 aromatic carbocycles. The van der Waals surface area contributed by atoms with Crippen molar-refractivity contribution < 1.29 is 31.1 Å². The minimum Gasteiger partial charge on any atom is -1.00 e. The van der Waals surface area contributed by atoms with E-state index in [1.54, 1.807) is 0 Å². The number of piperidine rings is 1. The summed E-state index contributed by atoms with van der Waals surface area (Å²) in [6.45, 7) is 12.6. The molecule has 0 radical (unpaired) electrons. The van der Waals surface area contributed by atoms with Crippen LogP contribution in [0.25, 0.3) is 6.08 Å². The minimum absolute atomic E-state index is 0. The summed E-state index contributed by atoms with van der Waals surface area (Å²) in [5, 5.41) is 0. The summed E-state index contributed by atoms with van der Waals surface area (Å²) in [6, 6.07) is 33.8. The number of hydrogen-bond acceptors (Lipinski definition) is 3. The number of carbonyl (C=O) groups excluding carboxylic acids is 2. The van der Waals surface area contributed by atoms with Crippen molar-refractivity contribution in [3.63, 3.8) is 0 Å². The van der Waals surface area contributed by atoms with Crippen molar-refractivity contribution in [3.8, 4) is 0 Å². The van der Waals surface area contributed by atoms with Crippen LogP contribution in [0.1, 0.15) is 90.0 Å². The molecule has 2 aliphatic carbocycles. The highest BCUT2D eigenvalue weighted by Crippen LogP contribution is 2.35. The Morgan fingerprint density at radius 2 is 1.26 bits per heavy atom. The summed E-state index contributed by atoms with van der Waals surface area (Å²) in [5.41, 5.74) is 13.9. The molecule has 1 atom stereocenters. The topological polar surface area (TPSA) is 41.3 Å².